The number of nitrogens with zero attached hydrogens (tertiary/aromatic N) is 3. The molecule has 0 aliphatic carbocycles. The van der Waals surface area contributed by atoms with Crippen molar-refractivity contribution in [1.29, 1.82) is 0 Å². The molecule has 2 aliphatic rings. The van der Waals surface area contributed by atoms with Crippen LogP contribution in [0.3, 0.4) is 0 Å². The van der Waals surface area contributed by atoms with Gasteiger partial charge in [-0.3, -0.25) is 9.59 Å². The van der Waals surface area contributed by atoms with Crippen LogP contribution in [0, 0.1) is 0 Å². The largest absolute Gasteiger partial charge is 0.335 e. The Hall–Kier alpha value is -2.28. The van der Waals surface area contributed by atoms with E-state index in [0.29, 0.717) is 10.6 Å². The Morgan fingerprint density at radius 2 is 1.63 bits per heavy atom. The fraction of sp³-hybridized carbons (Fsp3) is 0.464. The van der Waals surface area contributed by atoms with Gasteiger partial charge in [0.05, 0.1) is 21.6 Å². The molecule has 3 unspecified atom stereocenters. The number of hydrogen-bond acceptors (Lipinski definition) is 5. The second kappa shape index (κ2) is 12.6. The van der Waals surface area contributed by atoms with Crippen LogP contribution >= 0.6 is 46.4 Å². The lowest BCUT2D eigenvalue weighted by molar-refractivity contribution is -0.168. The van der Waals surface area contributed by atoms with Crippen molar-refractivity contribution in [3.05, 3.63) is 62.1 Å². The summed E-state index contributed by atoms with van der Waals surface area (Å²) >= 11 is 24.8. The first-order chi connectivity index (χ1) is 19.9. The molecule has 2 aliphatic heterocycles. The van der Waals surface area contributed by atoms with Crippen molar-refractivity contribution < 1.29 is 22.8 Å². The Labute approximate surface area is 271 Å². The minimum Gasteiger partial charge on any atom is -0.335 e. The molecule has 2 fully saturated rings. The Morgan fingerprint density at radius 3 is 2.21 bits per heavy atom. The van der Waals surface area contributed by atoms with Gasteiger partial charge in [-0.2, -0.15) is 4.31 Å². The maximum atomic E-state index is 14.2. The van der Waals surface area contributed by atoms with Crippen LogP contribution in [0.4, 0.5) is 4.79 Å². The average molecular weight is 693 g/mol. The fourth-order valence-electron chi connectivity index (χ4n) is 5.21. The summed E-state index contributed by atoms with van der Waals surface area (Å²) in [5.74, 6) is -0.961. The van der Waals surface area contributed by atoms with Crippen molar-refractivity contribution in [1.82, 2.24) is 24.7 Å². The highest BCUT2D eigenvalue weighted by atomic mass is 35.5. The number of nitrogens with one attached hydrogen (secondary N) is 2. The van der Waals surface area contributed by atoms with Crippen LogP contribution in [-0.2, 0) is 26.0 Å². The van der Waals surface area contributed by atoms with Gasteiger partial charge in [0.2, 0.25) is 21.8 Å². The zero-order valence-electron chi connectivity index (χ0n) is 24.2. The number of halogens is 4. The SMILES string of the molecule is CC(C)N1CC2N(C(=O)C(NC(=O)NC(C)(C)C)CN2S(=O)(=O)c2ccc(Cl)cc2Cl)C(Cc2ccc(Cl)c(Cl)c2)C1=O. The van der Waals surface area contributed by atoms with E-state index in [1.807, 2.05) is 13.8 Å². The van der Waals surface area contributed by atoms with E-state index in [1.165, 1.54) is 23.1 Å². The van der Waals surface area contributed by atoms with E-state index in [2.05, 4.69) is 10.6 Å². The van der Waals surface area contributed by atoms with Crippen LogP contribution in [0.25, 0.3) is 0 Å². The molecule has 0 bridgehead atoms. The number of sulfonamides is 1. The minimum absolute atomic E-state index is 0.0255. The highest BCUT2D eigenvalue weighted by Crippen LogP contribution is 2.35. The quantitative estimate of drug-likeness (QED) is 0.452. The molecule has 2 aromatic carbocycles. The van der Waals surface area contributed by atoms with Crippen molar-refractivity contribution >= 4 is 74.3 Å². The van der Waals surface area contributed by atoms with E-state index >= 15 is 0 Å². The highest BCUT2D eigenvalue weighted by molar-refractivity contribution is 7.89. The molecule has 0 aromatic heterocycles. The summed E-state index contributed by atoms with van der Waals surface area (Å²) in [7, 11) is -4.38. The van der Waals surface area contributed by atoms with Crippen LogP contribution in [0.2, 0.25) is 20.1 Å². The topological polar surface area (TPSA) is 119 Å². The Morgan fingerprint density at radius 1 is 0.953 bits per heavy atom. The van der Waals surface area contributed by atoms with E-state index < -0.39 is 52.3 Å². The lowest BCUT2D eigenvalue weighted by Gasteiger charge is -2.54. The summed E-state index contributed by atoms with van der Waals surface area (Å²) in [4.78, 5) is 43.5. The Balaban J connectivity index is 1.84. The maximum Gasteiger partial charge on any atom is 0.315 e. The molecular formula is C28H33Cl4N5O5S. The van der Waals surface area contributed by atoms with Crippen molar-refractivity contribution in [2.45, 2.75) is 75.8 Å². The average Bonchev–Trinajstić information content (AvgIpc) is 2.87. The molecule has 2 heterocycles. The zero-order valence-corrected chi connectivity index (χ0v) is 28.0. The first-order valence-corrected chi connectivity index (χ1v) is 16.5. The smallest absolute Gasteiger partial charge is 0.315 e. The predicted molar refractivity (Wildman–Crippen MR) is 167 cm³/mol. The van der Waals surface area contributed by atoms with E-state index in [9.17, 15) is 22.8 Å². The molecule has 234 valence electrons. The van der Waals surface area contributed by atoms with Gasteiger partial charge in [-0.15, -0.1) is 0 Å². The van der Waals surface area contributed by atoms with Gasteiger partial charge in [0.1, 0.15) is 23.1 Å². The second-order valence-corrected chi connectivity index (χ2v) is 15.3. The van der Waals surface area contributed by atoms with Crippen LogP contribution < -0.4 is 10.6 Å². The van der Waals surface area contributed by atoms with Crippen molar-refractivity contribution in [3.63, 3.8) is 0 Å². The third-order valence-corrected chi connectivity index (χ3v) is 10.5. The molecule has 15 heteroatoms. The molecule has 4 rings (SSSR count). The van der Waals surface area contributed by atoms with E-state index in [1.54, 1.807) is 43.9 Å². The summed E-state index contributed by atoms with van der Waals surface area (Å²) in [6.07, 6.45) is -1.07. The standard InChI is InChI=1S/C28H33Cl4N5O5S/c1-15(2)35-14-24-36(43(41,42)23-9-7-17(29)12-20(23)32)13-21(33-27(40)34-28(3,4)5)25(38)37(24)22(26(35)39)11-16-6-8-18(30)19(31)10-16/h6-10,12,15,21-22,24H,11,13-14H2,1-5H3,(H2,33,34,40). The number of rotatable bonds is 6. The molecular weight excluding hydrogens is 660 g/mol. The molecule has 43 heavy (non-hydrogen) atoms. The summed E-state index contributed by atoms with van der Waals surface area (Å²) < 4.78 is 29.6. The first-order valence-electron chi connectivity index (χ1n) is 13.5. The number of fused-ring (bicyclic) bond motifs is 1. The molecule has 2 N–H and O–H groups in total. The van der Waals surface area contributed by atoms with Gasteiger partial charge in [0.15, 0.2) is 0 Å². The number of piperazine rings is 1. The molecule has 0 spiro atoms. The lowest BCUT2D eigenvalue weighted by Crippen LogP contribution is -2.76. The third kappa shape index (κ3) is 7.18. The van der Waals surface area contributed by atoms with E-state index in [4.69, 9.17) is 46.4 Å². The van der Waals surface area contributed by atoms with Gasteiger partial charge >= 0.3 is 6.03 Å². The van der Waals surface area contributed by atoms with Crippen molar-refractivity contribution in [3.8, 4) is 0 Å². The lowest BCUT2D eigenvalue weighted by atomic mass is 9.96. The molecule has 4 amide bonds. The number of benzene rings is 2. The molecule has 0 radical (unpaired) electrons. The number of urea groups is 1. The van der Waals surface area contributed by atoms with Gasteiger partial charge in [-0.25, -0.2) is 13.2 Å². The fourth-order valence-corrected chi connectivity index (χ4v) is 7.87. The monoisotopic (exact) mass is 691 g/mol. The Kier molecular flexibility index (Phi) is 9.86. The highest BCUT2D eigenvalue weighted by Gasteiger charge is 2.54. The van der Waals surface area contributed by atoms with Gasteiger partial charge in [-0.05, 0) is 70.5 Å². The Bertz CT molecular complexity index is 1550. The molecule has 0 saturated carbocycles. The van der Waals surface area contributed by atoms with Gasteiger partial charge in [-0.1, -0.05) is 52.5 Å². The van der Waals surface area contributed by atoms with Crippen LogP contribution in [-0.4, -0.2) is 83.3 Å². The predicted octanol–water partition coefficient (Wildman–Crippen LogP) is 4.79. The molecule has 3 atom stereocenters. The minimum atomic E-state index is -4.38. The second-order valence-electron chi connectivity index (χ2n) is 11.8. The van der Waals surface area contributed by atoms with Gasteiger partial charge in [0.25, 0.3) is 0 Å². The van der Waals surface area contributed by atoms with E-state index in [0.717, 1.165) is 4.31 Å². The zero-order chi connectivity index (χ0) is 32.0. The maximum absolute atomic E-state index is 14.2. The first kappa shape index (κ1) is 33.6. The third-order valence-electron chi connectivity index (χ3n) is 7.14. The molecule has 2 aromatic rings. The summed E-state index contributed by atoms with van der Waals surface area (Å²) in [5, 5.41) is 6.07. The summed E-state index contributed by atoms with van der Waals surface area (Å²) in [6, 6.07) is 5.48. The van der Waals surface area contributed by atoms with Gasteiger partial charge < -0.3 is 20.4 Å². The van der Waals surface area contributed by atoms with Crippen LogP contribution in [0.5, 0.6) is 0 Å². The van der Waals surface area contributed by atoms with Crippen molar-refractivity contribution in [2.75, 3.05) is 13.1 Å². The summed E-state index contributed by atoms with van der Waals surface area (Å²) in [6.45, 7) is 8.43. The number of amides is 4. The molecule has 2 saturated heterocycles. The molecule has 10 nitrogen and oxygen atoms in total. The number of carbonyl (C=O) groups is 3. The van der Waals surface area contributed by atoms with E-state index in [-0.39, 0.29) is 44.9 Å². The number of hydrogen-bond donors (Lipinski definition) is 2. The normalized spacial score (nSPS) is 21.7. The summed E-state index contributed by atoms with van der Waals surface area (Å²) in [5.41, 5.74) is -0.0251. The van der Waals surface area contributed by atoms with Gasteiger partial charge in [0, 0.05) is 29.6 Å². The van der Waals surface area contributed by atoms with Crippen molar-refractivity contribution in [2.24, 2.45) is 0 Å². The number of carbonyl (C=O) groups excluding carboxylic acids is 3. The van der Waals surface area contributed by atoms with Crippen LogP contribution in [0.1, 0.15) is 40.2 Å². The van der Waals surface area contributed by atoms with Crippen LogP contribution in [0.15, 0.2) is 41.3 Å².